The molecule has 0 radical (unpaired) electrons. The van der Waals surface area contributed by atoms with Gasteiger partial charge < -0.3 is 9.88 Å². The molecule has 0 unspecified atom stereocenters. The smallest absolute Gasteiger partial charge is 0.266 e. The van der Waals surface area contributed by atoms with Crippen LogP contribution in [0.15, 0.2) is 72.4 Å². The lowest BCUT2D eigenvalue weighted by Gasteiger charge is -2.11. The van der Waals surface area contributed by atoms with Crippen molar-refractivity contribution < 1.29 is 4.79 Å². The van der Waals surface area contributed by atoms with Crippen molar-refractivity contribution >= 4 is 40.2 Å². The summed E-state index contributed by atoms with van der Waals surface area (Å²) in [6.07, 6.45) is 3.38. The summed E-state index contributed by atoms with van der Waals surface area (Å²) < 4.78 is 2.10. The van der Waals surface area contributed by atoms with Crippen molar-refractivity contribution in [3.8, 4) is 11.8 Å². The molecule has 1 N–H and O–H groups in total. The van der Waals surface area contributed by atoms with Crippen LogP contribution in [0.25, 0.3) is 22.7 Å². The number of hydrogen-bond donors (Lipinski definition) is 1. The van der Waals surface area contributed by atoms with Crippen molar-refractivity contribution in [3.63, 3.8) is 0 Å². The second-order valence-electron chi connectivity index (χ2n) is 7.15. The molecule has 0 spiro atoms. The first-order valence-electron chi connectivity index (χ1n) is 9.69. The van der Waals surface area contributed by atoms with E-state index < -0.39 is 5.91 Å². The number of anilines is 1. The fourth-order valence-corrected chi connectivity index (χ4v) is 3.77. The van der Waals surface area contributed by atoms with Gasteiger partial charge in [-0.25, -0.2) is 0 Å². The van der Waals surface area contributed by atoms with Gasteiger partial charge in [0.25, 0.3) is 5.91 Å². The van der Waals surface area contributed by atoms with E-state index in [0.717, 1.165) is 33.5 Å². The maximum absolute atomic E-state index is 12.6. The van der Waals surface area contributed by atoms with Gasteiger partial charge in [-0.2, -0.15) is 5.26 Å². The van der Waals surface area contributed by atoms with Crippen LogP contribution in [0, 0.1) is 25.2 Å². The molecule has 0 saturated heterocycles. The van der Waals surface area contributed by atoms with Gasteiger partial charge in [0, 0.05) is 28.7 Å². The van der Waals surface area contributed by atoms with Crippen molar-refractivity contribution in [2.75, 3.05) is 5.32 Å². The fraction of sp³-hybridized carbons (Fsp3) is 0.0800. The van der Waals surface area contributed by atoms with Gasteiger partial charge >= 0.3 is 0 Å². The number of rotatable bonds is 4. The van der Waals surface area contributed by atoms with E-state index in [1.807, 2.05) is 50.2 Å². The van der Waals surface area contributed by atoms with E-state index in [9.17, 15) is 10.1 Å². The van der Waals surface area contributed by atoms with Crippen LogP contribution in [0.2, 0.25) is 5.02 Å². The number of amides is 1. The zero-order chi connectivity index (χ0) is 22.0. The van der Waals surface area contributed by atoms with Crippen molar-refractivity contribution in [1.82, 2.24) is 9.55 Å². The Morgan fingerprint density at radius 3 is 2.71 bits per heavy atom. The number of aryl methyl sites for hydroxylation is 1. The third-order valence-electron chi connectivity index (χ3n) is 5.10. The number of carbonyl (C=O) groups is 1. The van der Waals surface area contributed by atoms with Crippen molar-refractivity contribution in [2.45, 2.75) is 13.8 Å². The number of nitriles is 1. The highest BCUT2D eigenvalue weighted by Gasteiger charge is 2.15. The van der Waals surface area contributed by atoms with Crippen LogP contribution in [0.1, 0.15) is 17.0 Å². The van der Waals surface area contributed by atoms with Crippen LogP contribution in [0.4, 0.5) is 5.69 Å². The van der Waals surface area contributed by atoms with E-state index in [4.69, 9.17) is 11.6 Å². The van der Waals surface area contributed by atoms with E-state index in [1.165, 1.54) is 0 Å². The Kier molecular flexibility index (Phi) is 5.57. The molecule has 4 aromatic rings. The number of halogens is 1. The Morgan fingerprint density at radius 1 is 1.13 bits per heavy atom. The van der Waals surface area contributed by atoms with Gasteiger partial charge in [-0.1, -0.05) is 29.8 Å². The number of fused-ring (bicyclic) bond motifs is 1. The topological polar surface area (TPSA) is 70.7 Å². The maximum atomic E-state index is 12.6. The summed E-state index contributed by atoms with van der Waals surface area (Å²) in [7, 11) is 0. The van der Waals surface area contributed by atoms with Gasteiger partial charge in [0.15, 0.2) is 0 Å². The second kappa shape index (κ2) is 8.47. The summed E-state index contributed by atoms with van der Waals surface area (Å²) in [5.74, 6) is -0.503. The predicted molar refractivity (Wildman–Crippen MR) is 124 cm³/mol. The number of hydrogen-bond acceptors (Lipinski definition) is 3. The number of benzene rings is 2. The number of aromatic nitrogens is 2. The molecule has 0 saturated carbocycles. The molecular formula is C25H19ClN4O. The third kappa shape index (κ3) is 4.07. The Balaban J connectivity index is 1.69. The van der Waals surface area contributed by atoms with Crippen LogP contribution in [-0.2, 0) is 4.79 Å². The summed E-state index contributed by atoms with van der Waals surface area (Å²) in [6, 6.07) is 20.9. The van der Waals surface area contributed by atoms with Gasteiger partial charge in [-0.3, -0.25) is 9.78 Å². The molecule has 0 atom stereocenters. The van der Waals surface area contributed by atoms with Crippen molar-refractivity contribution in [1.29, 1.82) is 5.26 Å². The lowest BCUT2D eigenvalue weighted by molar-refractivity contribution is -0.112. The zero-order valence-electron chi connectivity index (χ0n) is 17.1. The molecule has 6 heteroatoms. The first-order valence-corrected chi connectivity index (χ1v) is 10.1. The van der Waals surface area contributed by atoms with E-state index in [0.29, 0.717) is 10.7 Å². The molecule has 31 heavy (non-hydrogen) atoms. The first kappa shape index (κ1) is 20.4. The maximum Gasteiger partial charge on any atom is 0.266 e. The Hall–Kier alpha value is -3.88. The van der Waals surface area contributed by atoms with Crippen LogP contribution >= 0.6 is 11.6 Å². The minimum absolute atomic E-state index is 0.00267. The number of nitrogens with zero attached hydrogens (tertiary/aromatic N) is 3. The van der Waals surface area contributed by atoms with Gasteiger partial charge in [-0.15, -0.1) is 0 Å². The molecule has 0 aliphatic heterocycles. The van der Waals surface area contributed by atoms with Crippen LogP contribution in [0.3, 0.4) is 0 Å². The number of carbonyl (C=O) groups excluding carboxylic acids is 1. The molecule has 1 amide bonds. The SMILES string of the molecule is Cc1cc(/C=C(/C#N)C(=O)Nc2ccccc2Cl)c(C)n1-c1ccc2ncccc2c1. The van der Waals surface area contributed by atoms with Gasteiger partial charge in [0.1, 0.15) is 11.6 Å². The van der Waals surface area contributed by atoms with Gasteiger partial charge in [-0.05, 0) is 68.0 Å². The summed E-state index contributed by atoms with van der Waals surface area (Å²) in [5.41, 5.74) is 5.11. The van der Waals surface area contributed by atoms with E-state index in [-0.39, 0.29) is 5.57 Å². The fourth-order valence-electron chi connectivity index (χ4n) is 3.59. The predicted octanol–water partition coefficient (Wildman–Crippen LogP) is 5.84. The molecule has 0 bridgehead atoms. The molecule has 2 aromatic carbocycles. The van der Waals surface area contributed by atoms with E-state index >= 15 is 0 Å². The molecule has 2 aromatic heterocycles. The molecule has 0 aliphatic rings. The summed E-state index contributed by atoms with van der Waals surface area (Å²) >= 11 is 6.11. The van der Waals surface area contributed by atoms with Crippen LogP contribution in [-0.4, -0.2) is 15.5 Å². The monoisotopic (exact) mass is 426 g/mol. The van der Waals surface area contributed by atoms with Crippen LogP contribution < -0.4 is 5.32 Å². The Morgan fingerprint density at radius 2 is 1.94 bits per heavy atom. The average molecular weight is 427 g/mol. The summed E-state index contributed by atoms with van der Waals surface area (Å²) in [6.45, 7) is 3.96. The van der Waals surface area contributed by atoms with Crippen LogP contribution in [0.5, 0.6) is 0 Å². The zero-order valence-corrected chi connectivity index (χ0v) is 17.8. The number of nitrogens with one attached hydrogen (secondary N) is 1. The first-order chi connectivity index (χ1) is 15.0. The van der Waals surface area contributed by atoms with Gasteiger partial charge in [0.05, 0.1) is 16.2 Å². The standard InChI is InChI=1S/C25H19ClN4O/c1-16-12-19(13-20(15-27)25(31)29-24-8-4-3-7-22(24)26)17(2)30(16)21-9-10-23-18(14-21)6-5-11-28-23/h3-14H,1-2H3,(H,29,31)/b20-13-. The highest BCUT2D eigenvalue weighted by molar-refractivity contribution is 6.34. The molecular weight excluding hydrogens is 408 g/mol. The Labute approximate surface area is 185 Å². The highest BCUT2D eigenvalue weighted by atomic mass is 35.5. The minimum Gasteiger partial charge on any atom is -0.320 e. The van der Waals surface area contributed by atoms with E-state index in [1.54, 1.807) is 36.5 Å². The second-order valence-corrected chi connectivity index (χ2v) is 7.55. The molecule has 5 nitrogen and oxygen atoms in total. The summed E-state index contributed by atoms with van der Waals surface area (Å²) in [5, 5.41) is 13.7. The Bertz CT molecular complexity index is 1380. The molecule has 152 valence electrons. The van der Waals surface area contributed by atoms with Crippen molar-refractivity contribution in [2.24, 2.45) is 0 Å². The highest BCUT2D eigenvalue weighted by Crippen LogP contribution is 2.26. The summed E-state index contributed by atoms with van der Waals surface area (Å²) in [4.78, 5) is 17.0. The lowest BCUT2D eigenvalue weighted by atomic mass is 10.1. The third-order valence-corrected chi connectivity index (χ3v) is 5.43. The van der Waals surface area contributed by atoms with E-state index in [2.05, 4.69) is 20.9 Å². The average Bonchev–Trinajstić information content (AvgIpc) is 3.06. The van der Waals surface area contributed by atoms with Crippen molar-refractivity contribution in [3.05, 3.63) is 94.4 Å². The molecule has 2 heterocycles. The molecule has 0 aliphatic carbocycles. The number of pyridine rings is 1. The quantitative estimate of drug-likeness (QED) is 0.329. The molecule has 4 rings (SSSR count). The minimum atomic E-state index is -0.503. The molecule has 0 fully saturated rings. The largest absolute Gasteiger partial charge is 0.320 e. The normalized spacial score (nSPS) is 11.4. The lowest BCUT2D eigenvalue weighted by Crippen LogP contribution is -2.13. The van der Waals surface area contributed by atoms with Gasteiger partial charge in [0.2, 0.25) is 0 Å². The number of para-hydroxylation sites is 1.